The molecule has 0 bridgehead atoms. The second-order valence-electron chi connectivity index (χ2n) is 7.15. The molecule has 2 unspecified atom stereocenters. The first-order valence-corrected chi connectivity index (χ1v) is 10.4. The number of carbonyl (C=O) groups is 2. The van der Waals surface area contributed by atoms with Crippen molar-refractivity contribution in [1.29, 1.82) is 0 Å². The molecule has 2 aromatic carbocycles. The van der Waals surface area contributed by atoms with Crippen molar-refractivity contribution in [3.63, 3.8) is 0 Å². The van der Waals surface area contributed by atoms with Crippen LogP contribution in [0.3, 0.4) is 0 Å². The third-order valence-corrected chi connectivity index (χ3v) is 5.55. The maximum atomic E-state index is 12.5. The van der Waals surface area contributed by atoms with Gasteiger partial charge in [-0.3, -0.25) is 4.79 Å². The Morgan fingerprint density at radius 1 is 0.966 bits per heavy atom. The van der Waals surface area contributed by atoms with Gasteiger partial charge >= 0.3 is 6.03 Å². The minimum Gasteiger partial charge on any atom is -0.382 e. The van der Waals surface area contributed by atoms with Crippen LogP contribution in [-0.4, -0.2) is 23.4 Å². The van der Waals surface area contributed by atoms with E-state index in [1.807, 2.05) is 24.3 Å². The van der Waals surface area contributed by atoms with E-state index < -0.39 is 0 Å². The Morgan fingerprint density at radius 3 is 2.17 bits per heavy atom. The summed E-state index contributed by atoms with van der Waals surface area (Å²) in [6, 6.07) is 14.4. The lowest BCUT2D eigenvalue weighted by atomic mass is 9.95. The zero-order valence-corrected chi connectivity index (χ0v) is 17.8. The molecular formula is C21H25ClN4O2S. The predicted octanol–water partition coefficient (Wildman–Crippen LogP) is 5.49. The summed E-state index contributed by atoms with van der Waals surface area (Å²) in [6.07, 6.45) is 4.32. The molecule has 3 amide bonds. The molecule has 0 heterocycles. The van der Waals surface area contributed by atoms with Gasteiger partial charge in [0.25, 0.3) is 0 Å². The monoisotopic (exact) mass is 432 g/mol. The number of halogens is 1. The van der Waals surface area contributed by atoms with Crippen molar-refractivity contribution in [3.8, 4) is 0 Å². The normalized spacial score (nSPS) is 18.6. The van der Waals surface area contributed by atoms with Crippen LogP contribution in [0.2, 0.25) is 0 Å². The molecule has 1 aliphatic rings. The van der Waals surface area contributed by atoms with Gasteiger partial charge in [-0.1, -0.05) is 12.8 Å². The molecule has 1 fully saturated rings. The molecule has 2 aromatic rings. The highest BCUT2D eigenvalue weighted by Crippen LogP contribution is 2.26. The van der Waals surface area contributed by atoms with Crippen molar-refractivity contribution in [2.24, 2.45) is 0 Å². The number of hydrogen-bond donors (Lipinski definition) is 4. The fourth-order valence-corrected chi connectivity index (χ4v) is 3.88. The van der Waals surface area contributed by atoms with Gasteiger partial charge in [0.15, 0.2) is 0 Å². The first kappa shape index (κ1) is 21.3. The Labute approximate surface area is 181 Å². The van der Waals surface area contributed by atoms with Crippen LogP contribution in [0.4, 0.5) is 27.5 Å². The first-order valence-electron chi connectivity index (χ1n) is 9.59. The maximum absolute atomic E-state index is 12.5. The Hall–Kier alpha value is -2.38. The van der Waals surface area contributed by atoms with Crippen LogP contribution in [0.1, 0.15) is 32.6 Å². The van der Waals surface area contributed by atoms with Gasteiger partial charge in [0.1, 0.15) is 0 Å². The molecule has 1 aliphatic carbocycles. The molecule has 2 atom stereocenters. The molecule has 0 spiro atoms. The van der Waals surface area contributed by atoms with Crippen LogP contribution >= 0.6 is 24.4 Å². The van der Waals surface area contributed by atoms with Crippen LogP contribution in [-0.2, 0) is 4.79 Å². The highest BCUT2D eigenvalue weighted by atomic mass is 35.5. The molecule has 29 heavy (non-hydrogen) atoms. The van der Waals surface area contributed by atoms with Crippen molar-refractivity contribution in [2.75, 3.05) is 20.3 Å². The van der Waals surface area contributed by atoms with E-state index >= 15 is 0 Å². The Balaban J connectivity index is 1.55. The second-order valence-corrected chi connectivity index (χ2v) is 8.17. The fourth-order valence-electron chi connectivity index (χ4n) is 3.33. The van der Waals surface area contributed by atoms with Gasteiger partial charge in [0.05, 0.1) is 5.69 Å². The smallest absolute Gasteiger partial charge is 0.336 e. The number of rotatable bonds is 5. The number of benzene rings is 2. The summed E-state index contributed by atoms with van der Waals surface area (Å²) in [5.41, 5.74) is 2.93. The molecule has 0 radical (unpaired) electrons. The standard InChI is InChI=1S/C21H25ClN4O2S/c1-14(27)23-16-9-11-20(12-10-16)26(29)21(28)25-18-7-5-17(6-8-18)24-19-4-2-3-15(22)13-19/h5-12,15,19,24,29H,2-4,13H2,1H3,(H,23,27)(H,25,28). The van der Waals surface area contributed by atoms with Crippen LogP contribution in [0.25, 0.3) is 0 Å². The number of nitrogens with zero attached hydrogens (tertiary/aromatic N) is 1. The number of alkyl halides is 1. The van der Waals surface area contributed by atoms with Gasteiger partial charge in [-0.15, -0.1) is 11.6 Å². The molecule has 3 rings (SSSR count). The maximum Gasteiger partial charge on any atom is 0.336 e. The summed E-state index contributed by atoms with van der Waals surface area (Å²) in [5, 5.41) is 9.25. The van der Waals surface area contributed by atoms with Gasteiger partial charge in [-0.05, 0) is 74.2 Å². The third kappa shape index (κ3) is 6.30. The Kier molecular flexibility index (Phi) is 7.28. The highest BCUT2D eigenvalue weighted by molar-refractivity contribution is 7.82. The van der Waals surface area contributed by atoms with E-state index in [9.17, 15) is 9.59 Å². The molecule has 3 N–H and O–H groups in total. The number of amides is 3. The van der Waals surface area contributed by atoms with E-state index in [2.05, 4.69) is 28.8 Å². The van der Waals surface area contributed by atoms with E-state index in [1.165, 1.54) is 11.2 Å². The lowest BCUT2D eigenvalue weighted by Gasteiger charge is -2.27. The van der Waals surface area contributed by atoms with Gasteiger partial charge in [-0.25, -0.2) is 9.10 Å². The SMILES string of the molecule is CC(=O)Nc1ccc(N(S)C(=O)Nc2ccc(NC3CCCC(Cl)C3)cc2)cc1. The first-order chi connectivity index (χ1) is 13.9. The third-order valence-electron chi connectivity index (χ3n) is 4.74. The summed E-state index contributed by atoms with van der Waals surface area (Å²) in [6.45, 7) is 1.44. The lowest BCUT2D eigenvalue weighted by molar-refractivity contribution is -0.114. The number of nitrogens with one attached hydrogen (secondary N) is 3. The van der Waals surface area contributed by atoms with Crippen LogP contribution in [0.5, 0.6) is 0 Å². The summed E-state index contributed by atoms with van der Waals surface area (Å²) in [7, 11) is 0. The molecule has 0 saturated heterocycles. The summed E-state index contributed by atoms with van der Waals surface area (Å²) < 4.78 is 1.21. The second kappa shape index (κ2) is 9.89. The van der Waals surface area contributed by atoms with E-state index in [4.69, 9.17) is 11.6 Å². The van der Waals surface area contributed by atoms with E-state index in [-0.39, 0.29) is 17.3 Å². The van der Waals surface area contributed by atoms with E-state index in [1.54, 1.807) is 24.3 Å². The van der Waals surface area contributed by atoms with Crippen molar-refractivity contribution in [1.82, 2.24) is 0 Å². The molecule has 0 aliphatic heterocycles. The fraction of sp³-hybridized carbons (Fsp3) is 0.333. The minimum absolute atomic E-state index is 0.151. The zero-order valence-electron chi connectivity index (χ0n) is 16.2. The highest BCUT2D eigenvalue weighted by Gasteiger charge is 2.20. The van der Waals surface area contributed by atoms with E-state index in [0.29, 0.717) is 23.1 Å². The molecule has 8 heteroatoms. The van der Waals surface area contributed by atoms with Gasteiger partial charge < -0.3 is 16.0 Å². The molecule has 0 aromatic heterocycles. The number of carbonyl (C=O) groups excluding carboxylic acids is 2. The Morgan fingerprint density at radius 2 is 1.55 bits per heavy atom. The number of urea groups is 1. The van der Waals surface area contributed by atoms with Crippen molar-refractivity contribution in [2.45, 2.75) is 44.0 Å². The zero-order chi connectivity index (χ0) is 20.8. The predicted molar refractivity (Wildman–Crippen MR) is 123 cm³/mol. The van der Waals surface area contributed by atoms with Gasteiger partial charge in [-0.2, -0.15) is 0 Å². The van der Waals surface area contributed by atoms with Crippen molar-refractivity contribution < 1.29 is 9.59 Å². The molecular weight excluding hydrogens is 408 g/mol. The molecule has 154 valence electrons. The van der Waals surface area contributed by atoms with Gasteiger partial charge in [0, 0.05) is 35.4 Å². The molecule has 1 saturated carbocycles. The van der Waals surface area contributed by atoms with E-state index in [0.717, 1.165) is 31.4 Å². The number of anilines is 4. The minimum atomic E-state index is -0.376. The topological polar surface area (TPSA) is 73.5 Å². The Bertz CT molecular complexity index is 845. The average Bonchev–Trinajstić information content (AvgIpc) is 2.69. The van der Waals surface area contributed by atoms with Crippen molar-refractivity contribution >= 4 is 59.1 Å². The van der Waals surface area contributed by atoms with Gasteiger partial charge in [0.2, 0.25) is 5.91 Å². The number of thiol groups is 1. The van der Waals surface area contributed by atoms with Crippen molar-refractivity contribution in [3.05, 3.63) is 48.5 Å². The summed E-state index contributed by atoms with van der Waals surface area (Å²) in [5.74, 6) is -0.151. The van der Waals surface area contributed by atoms with Crippen LogP contribution in [0.15, 0.2) is 48.5 Å². The largest absolute Gasteiger partial charge is 0.382 e. The lowest BCUT2D eigenvalue weighted by Crippen LogP contribution is -2.28. The number of hydrogen-bond acceptors (Lipinski definition) is 4. The summed E-state index contributed by atoms with van der Waals surface area (Å²) >= 11 is 10.5. The quantitative estimate of drug-likeness (QED) is 0.373. The van der Waals surface area contributed by atoms with Crippen LogP contribution in [0, 0.1) is 0 Å². The molecule has 6 nitrogen and oxygen atoms in total. The van der Waals surface area contributed by atoms with Crippen LogP contribution < -0.4 is 20.3 Å². The summed E-state index contributed by atoms with van der Waals surface area (Å²) in [4.78, 5) is 23.5. The average molecular weight is 433 g/mol.